The molecule has 2 N–H and O–H groups in total. The molecule has 2 aliphatic rings. The first-order valence-corrected chi connectivity index (χ1v) is 11.3. The summed E-state index contributed by atoms with van der Waals surface area (Å²) >= 11 is 1.76. The Morgan fingerprint density at radius 2 is 1.86 bits per heavy atom. The van der Waals surface area contributed by atoms with E-state index in [9.17, 15) is 14.8 Å². The van der Waals surface area contributed by atoms with Crippen molar-refractivity contribution in [3.8, 4) is 0 Å². The molecule has 148 valence electrons. The highest BCUT2D eigenvalue weighted by Crippen LogP contribution is 2.49. The number of rotatable bonds is 6. The summed E-state index contributed by atoms with van der Waals surface area (Å²) in [7, 11) is -1.31. The van der Waals surface area contributed by atoms with E-state index in [2.05, 4.69) is 42.5 Å². The summed E-state index contributed by atoms with van der Waals surface area (Å²) in [6.07, 6.45) is 4.07. The van der Waals surface area contributed by atoms with Gasteiger partial charge in [-0.3, -0.25) is 9.36 Å². The Bertz CT molecular complexity index is 1120. The lowest BCUT2D eigenvalue weighted by molar-refractivity contribution is 0.391. The molecular formula is C23H24BNO3S. The second-order valence-electron chi connectivity index (χ2n) is 8.21. The molecule has 6 heteroatoms. The lowest BCUT2D eigenvalue weighted by Crippen LogP contribution is -2.26. The van der Waals surface area contributed by atoms with Crippen molar-refractivity contribution in [3.63, 3.8) is 0 Å². The Morgan fingerprint density at radius 1 is 1.07 bits per heavy atom. The first-order chi connectivity index (χ1) is 14.1. The molecule has 2 heterocycles. The van der Waals surface area contributed by atoms with E-state index < -0.39 is 7.12 Å². The minimum atomic E-state index is -1.31. The van der Waals surface area contributed by atoms with Crippen LogP contribution in [-0.4, -0.2) is 27.5 Å². The number of hydrogen-bond donors (Lipinski definition) is 2. The third kappa shape index (κ3) is 3.65. The summed E-state index contributed by atoms with van der Waals surface area (Å²) in [6.45, 7) is 0. The van der Waals surface area contributed by atoms with Crippen LogP contribution in [0, 0.1) is 0 Å². The first kappa shape index (κ1) is 19.0. The van der Waals surface area contributed by atoms with E-state index >= 15 is 0 Å². The molecule has 29 heavy (non-hydrogen) atoms. The Kier molecular flexibility index (Phi) is 5.02. The van der Waals surface area contributed by atoms with Gasteiger partial charge in [0, 0.05) is 17.9 Å². The van der Waals surface area contributed by atoms with Crippen molar-refractivity contribution >= 4 is 29.7 Å². The summed E-state index contributed by atoms with van der Waals surface area (Å²) in [5, 5.41) is 22.1. The molecule has 1 aromatic heterocycles. The highest BCUT2D eigenvalue weighted by atomic mass is 32.2. The van der Waals surface area contributed by atoms with Crippen LogP contribution in [0.25, 0.3) is 10.8 Å². The molecule has 1 fully saturated rings. The van der Waals surface area contributed by atoms with E-state index in [1.54, 1.807) is 11.8 Å². The Labute approximate surface area is 174 Å². The van der Waals surface area contributed by atoms with Gasteiger partial charge in [-0.15, -0.1) is 11.8 Å². The molecule has 1 saturated carbocycles. The minimum absolute atomic E-state index is 0.0436. The number of fused-ring (bicyclic) bond motifs is 2. The van der Waals surface area contributed by atoms with Crippen LogP contribution < -0.4 is 5.56 Å². The highest BCUT2D eigenvalue weighted by Gasteiger charge is 2.35. The number of thioether (sulfide) groups is 1. The van der Waals surface area contributed by atoms with Crippen molar-refractivity contribution in [1.29, 1.82) is 0 Å². The molecule has 0 amide bonds. The fourth-order valence-corrected chi connectivity index (χ4v) is 6.06. The zero-order chi connectivity index (χ0) is 20.0. The van der Waals surface area contributed by atoms with E-state index in [0.29, 0.717) is 18.7 Å². The normalized spacial score (nSPS) is 18.2. The number of hydrogen-bond acceptors (Lipinski definition) is 4. The smallest absolute Gasteiger partial charge is 0.427 e. The SMILES string of the molecule is O=c1cc(Cc2cccc3ccccc23)c(C2CC2)c2n1C(CCB(O)O)CS2. The van der Waals surface area contributed by atoms with E-state index in [4.69, 9.17) is 0 Å². The number of benzene rings is 2. The fraction of sp³-hybridized carbons (Fsp3) is 0.348. The van der Waals surface area contributed by atoms with Crippen LogP contribution in [0.1, 0.15) is 47.9 Å². The van der Waals surface area contributed by atoms with Gasteiger partial charge >= 0.3 is 7.12 Å². The van der Waals surface area contributed by atoms with Crippen molar-refractivity contribution in [2.75, 3.05) is 5.75 Å². The molecule has 1 atom stereocenters. The third-order valence-corrected chi connectivity index (χ3v) is 7.35. The molecule has 0 spiro atoms. The Hall–Kier alpha value is -2.02. The Balaban J connectivity index is 1.56. The predicted octanol–water partition coefficient (Wildman–Crippen LogP) is 3.98. The van der Waals surface area contributed by atoms with Crippen LogP contribution >= 0.6 is 11.8 Å². The van der Waals surface area contributed by atoms with E-state index in [-0.39, 0.29) is 11.6 Å². The van der Waals surface area contributed by atoms with Gasteiger partial charge in [0.15, 0.2) is 0 Å². The van der Waals surface area contributed by atoms with Crippen LogP contribution in [0.15, 0.2) is 58.4 Å². The molecule has 5 rings (SSSR count). The van der Waals surface area contributed by atoms with Crippen molar-refractivity contribution in [2.24, 2.45) is 0 Å². The van der Waals surface area contributed by atoms with Crippen LogP contribution in [-0.2, 0) is 6.42 Å². The van der Waals surface area contributed by atoms with Gasteiger partial charge in [0.05, 0.1) is 5.03 Å². The van der Waals surface area contributed by atoms with Gasteiger partial charge in [0.1, 0.15) is 0 Å². The van der Waals surface area contributed by atoms with Crippen LogP contribution in [0.4, 0.5) is 0 Å². The van der Waals surface area contributed by atoms with E-state index in [1.807, 2.05) is 10.6 Å². The van der Waals surface area contributed by atoms with Crippen molar-refractivity contribution in [3.05, 3.63) is 75.6 Å². The second kappa shape index (κ2) is 7.67. The zero-order valence-electron chi connectivity index (χ0n) is 16.3. The summed E-state index contributed by atoms with van der Waals surface area (Å²) in [4.78, 5) is 13.1. The average molecular weight is 405 g/mol. The largest absolute Gasteiger partial charge is 0.451 e. The van der Waals surface area contributed by atoms with Gasteiger partial charge in [0.25, 0.3) is 5.56 Å². The lowest BCUT2D eigenvalue weighted by Gasteiger charge is -2.18. The third-order valence-electron chi connectivity index (χ3n) is 6.11. The quantitative estimate of drug-likeness (QED) is 0.609. The predicted molar refractivity (Wildman–Crippen MR) is 119 cm³/mol. The van der Waals surface area contributed by atoms with Gasteiger partial charge in [-0.2, -0.15) is 0 Å². The average Bonchev–Trinajstić information content (AvgIpc) is 3.45. The standard InChI is InChI=1S/C23H24BNO3S/c26-21-13-18(12-17-6-3-5-15-4-1-2-7-20(15)17)22(16-8-9-16)23-25(21)19(14-29-23)10-11-24(27)28/h1-7,13,16,19,27-28H,8-12,14H2. The molecule has 3 aromatic rings. The van der Waals surface area contributed by atoms with Gasteiger partial charge < -0.3 is 10.0 Å². The van der Waals surface area contributed by atoms with Crippen LogP contribution in [0.2, 0.25) is 6.32 Å². The molecule has 1 aliphatic carbocycles. The molecule has 1 unspecified atom stereocenters. The summed E-state index contributed by atoms with van der Waals surface area (Å²) in [5.41, 5.74) is 3.82. The minimum Gasteiger partial charge on any atom is -0.427 e. The van der Waals surface area contributed by atoms with Gasteiger partial charge in [-0.05, 0) is 65.4 Å². The second-order valence-corrected chi connectivity index (χ2v) is 9.22. The molecule has 0 radical (unpaired) electrons. The van der Waals surface area contributed by atoms with E-state index in [0.717, 1.165) is 22.8 Å². The fourth-order valence-electron chi connectivity index (χ4n) is 4.57. The van der Waals surface area contributed by atoms with Crippen molar-refractivity contribution < 1.29 is 10.0 Å². The monoisotopic (exact) mass is 405 g/mol. The summed E-state index contributed by atoms with van der Waals surface area (Å²) in [6, 6.07) is 16.7. The molecule has 0 bridgehead atoms. The maximum Gasteiger partial charge on any atom is 0.451 e. The molecule has 0 saturated heterocycles. The summed E-state index contributed by atoms with van der Waals surface area (Å²) in [5.74, 6) is 1.39. The summed E-state index contributed by atoms with van der Waals surface area (Å²) < 4.78 is 1.92. The maximum atomic E-state index is 13.1. The molecular weight excluding hydrogens is 381 g/mol. The highest BCUT2D eigenvalue weighted by molar-refractivity contribution is 7.99. The van der Waals surface area contributed by atoms with Gasteiger partial charge in [-0.1, -0.05) is 42.5 Å². The topological polar surface area (TPSA) is 62.5 Å². The van der Waals surface area contributed by atoms with Crippen LogP contribution in [0.3, 0.4) is 0 Å². The maximum absolute atomic E-state index is 13.1. The number of pyridine rings is 1. The number of nitrogens with zero attached hydrogens (tertiary/aromatic N) is 1. The Morgan fingerprint density at radius 3 is 2.66 bits per heavy atom. The lowest BCUT2D eigenvalue weighted by atomic mass is 9.83. The van der Waals surface area contributed by atoms with Crippen LogP contribution in [0.5, 0.6) is 0 Å². The van der Waals surface area contributed by atoms with Crippen molar-refractivity contribution in [1.82, 2.24) is 4.57 Å². The van der Waals surface area contributed by atoms with Gasteiger partial charge in [-0.25, -0.2) is 0 Å². The molecule has 1 aliphatic heterocycles. The first-order valence-electron chi connectivity index (χ1n) is 10.4. The van der Waals surface area contributed by atoms with Crippen molar-refractivity contribution in [2.45, 2.75) is 49.0 Å². The molecule has 2 aromatic carbocycles. The van der Waals surface area contributed by atoms with Gasteiger partial charge in [0.2, 0.25) is 0 Å². The van der Waals surface area contributed by atoms with E-state index in [1.165, 1.54) is 34.7 Å². The zero-order valence-corrected chi connectivity index (χ0v) is 17.1. The number of aromatic nitrogens is 1. The molecule has 4 nitrogen and oxygen atoms in total.